The normalized spacial score (nSPS) is 13.6. The first-order chi connectivity index (χ1) is 20.5. The molecule has 0 atom stereocenters. The highest BCUT2D eigenvalue weighted by Gasteiger charge is 2.27. The van der Waals surface area contributed by atoms with E-state index in [9.17, 15) is 4.79 Å². The van der Waals surface area contributed by atoms with Gasteiger partial charge < -0.3 is 18.8 Å². The molecule has 8 heteroatoms. The van der Waals surface area contributed by atoms with Gasteiger partial charge in [0.1, 0.15) is 11.4 Å². The van der Waals surface area contributed by atoms with E-state index < -0.39 is 0 Å². The molecule has 0 unspecified atom stereocenters. The first-order valence-electron chi connectivity index (χ1n) is 14.7. The number of para-hydroxylation sites is 1. The summed E-state index contributed by atoms with van der Waals surface area (Å²) >= 11 is 6.20. The molecular weight excluding hydrogens is 550 g/mol. The average molecular weight is 586 g/mol. The Labute approximate surface area is 250 Å². The molecule has 0 N–H and O–H groups in total. The molecule has 5 aromatic rings. The summed E-state index contributed by atoms with van der Waals surface area (Å²) in [5.74, 6) is 0.548. The molecule has 0 saturated carbocycles. The number of nitrogens with zero attached hydrogens (tertiary/aromatic N) is 3. The zero-order valence-corrected chi connectivity index (χ0v) is 25.2. The van der Waals surface area contributed by atoms with E-state index in [-0.39, 0.29) is 5.97 Å². The van der Waals surface area contributed by atoms with Gasteiger partial charge in [-0.05, 0) is 74.7 Å². The number of rotatable bonds is 7. The Kier molecular flexibility index (Phi) is 8.22. The second kappa shape index (κ2) is 12.2. The first kappa shape index (κ1) is 28.3. The van der Waals surface area contributed by atoms with Crippen LogP contribution in [0.25, 0.3) is 32.8 Å². The molecule has 0 fully saturated rings. The van der Waals surface area contributed by atoms with E-state index in [1.165, 1.54) is 0 Å². The van der Waals surface area contributed by atoms with Gasteiger partial charge in [-0.25, -0.2) is 4.79 Å². The van der Waals surface area contributed by atoms with Crippen molar-refractivity contribution >= 4 is 39.2 Å². The molecule has 2 aromatic heterocycles. The summed E-state index contributed by atoms with van der Waals surface area (Å²) in [5.41, 5.74) is 6.84. The lowest BCUT2D eigenvalue weighted by molar-refractivity contribution is 0.0512. The van der Waals surface area contributed by atoms with Crippen molar-refractivity contribution in [3.05, 3.63) is 82.3 Å². The fourth-order valence-corrected chi connectivity index (χ4v) is 6.32. The molecule has 1 aliphatic heterocycles. The van der Waals surface area contributed by atoms with Crippen LogP contribution < -0.4 is 4.74 Å². The van der Waals surface area contributed by atoms with Crippen LogP contribution in [0.15, 0.2) is 54.6 Å². The predicted molar refractivity (Wildman–Crippen MR) is 166 cm³/mol. The van der Waals surface area contributed by atoms with Gasteiger partial charge in [-0.2, -0.15) is 5.10 Å². The van der Waals surface area contributed by atoms with Gasteiger partial charge in [-0.3, -0.25) is 4.68 Å². The van der Waals surface area contributed by atoms with E-state index in [0.29, 0.717) is 50.1 Å². The van der Waals surface area contributed by atoms with Gasteiger partial charge >= 0.3 is 5.97 Å². The largest absolute Gasteiger partial charge is 0.493 e. The van der Waals surface area contributed by atoms with Gasteiger partial charge in [0.2, 0.25) is 0 Å². The number of fused-ring (bicyclic) bond motifs is 3. The number of halogens is 1. The third kappa shape index (κ3) is 5.27. The van der Waals surface area contributed by atoms with Gasteiger partial charge in [0.05, 0.1) is 31.0 Å². The molecular formula is C34H36ClN3O4. The summed E-state index contributed by atoms with van der Waals surface area (Å²) in [6.07, 6.45) is 3.21. The number of aryl methyl sites for hydroxylation is 3. The number of hydrogen-bond donors (Lipinski definition) is 0. The number of esters is 1. The summed E-state index contributed by atoms with van der Waals surface area (Å²) in [5, 5.41) is 8.64. The maximum atomic E-state index is 13.6. The van der Waals surface area contributed by atoms with Gasteiger partial charge in [-0.1, -0.05) is 41.9 Å². The Hall–Kier alpha value is -3.81. The fourth-order valence-electron chi connectivity index (χ4n) is 6.14. The average Bonchev–Trinajstić information content (AvgIpc) is 3.44. The molecule has 218 valence electrons. The zero-order chi connectivity index (χ0) is 29.2. The van der Waals surface area contributed by atoms with Gasteiger partial charge in [0, 0.05) is 52.8 Å². The Morgan fingerprint density at radius 2 is 1.95 bits per heavy atom. The standard InChI is InChI=1S/C34H36ClN3O4/c1-4-41-34(39)33-27(13-9-19-42-30-14-7-10-23-20-24(35)15-16-25(23)30)26-11-8-12-28-31-22(2)37(3)36-29(31)21-40-18-6-5-17-38(33)32(26)28/h7-8,10-12,14-16,20H,4-6,9,13,17-19,21H2,1-3H3. The summed E-state index contributed by atoms with van der Waals surface area (Å²) in [4.78, 5) is 13.6. The molecule has 3 aromatic carbocycles. The van der Waals surface area contributed by atoms with Crippen molar-refractivity contribution in [2.24, 2.45) is 7.05 Å². The number of benzene rings is 3. The SMILES string of the molecule is CCOC(=O)c1c(CCCOc2cccc3cc(Cl)ccc23)c2cccc3c2n1CCCCOCc1nn(C)c(C)c1-3. The molecule has 0 amide bonds. The van der Waals surface area contributed by atoms with Crippen molar-refractivity contribution in [1.29, 1.82) is 0 Å². The van der Waals surface area contributed by atoms with E-state index in [2.05, 4.69) is 29.7 Å². The lowest BCUT2D eigenvalue weighted by atomic mass is 9.98. The Morgan fingerprint density at radius 1 is 1.10 bits per heavy atom. The Morgan fingerprint density at radius 3 is 2.81 bits per heavy atom. The highest BCUT2D eigenvalue weighted by Crippen LogP contribution is 2.39. The van der Waals surface area contributed by atoms with Crippen LogP contribution in [0.2, 0.25) is 5.02 Å². The Balaban J connectivity index is 1.40. The Bertz CT molecular complexity index is 1770. The van der Waals surface area contributed by atoms with Crippen LogP contribution in [0.3, 0.4) is 0 Å². The van der Waals surface area contributed by atoms with Crippen LogP contribution in [0.5, 0.6) is 5.75 Å². The van der Waals surface area contributed by atoms with Crippen molar-refractivity contribution in [3.63, 3.8) is 0 Å². The lowest BCUT2D eigenvalue weighted by Gasteiger charge is -2.13. The molecule has 1 aliphatic rings. The van der Waals surface area contributed by atoms with E-state index in [0.717, 1.165) is 74.8 Å². The quantitative estimate of drug-likeness (QED) is 0.145. The number of ether oxygens (including phenoxy) is 3. The summed E-state index contributed by atoms with van der Waals surface area (Å²) < 4.78 is 22.0. The van der Waals surface area contributed by atoms with Crippen molar-refractivity contribution in [3.8, 4) is 16.9 Å². The van der Waals surface area contributed by atoms with E-state index >= 15 is 0 Å². The molecule has 42 heavy (non-hydrogen) atoms. The summed E-state index contributed by atoms with van der Waals surface area (Å²) in [6.45, 7) is 6.59. The highest BCUT2D eigenvalue weighted by molar-refractivity contribution is 6.31. The van der Waals surface area contributed by atoms with Gasteiger partial charge in [0.15, 0.2) is 0 Å². The number of hydrogen-bond acceptors (Lipinski definition) is 5. The van der Waals surface area contributed by atoms with Crippen LogP contribution in [0, 0.1) is 6.92 Å². The van der Waals surface area contributed by atoms with Crippen molar-refractivity contribution in [1.82, 2.24) is 14.3 Å². The minimum atomic E-state index is -0.282. The monoisotopic (exact) mass is 585 g/mol. The molecule has 3 heterocycles. The van der Waals surface area contributed by atoms with Crippen LogP contribution in [0.4, 0.5) is 0 Å². The van der Waals surface area contributed by atoms with Gasteiger partial charge in [-0.15, -0.1) is 0 Å². The molecule has 0 saturated heterocycles. The second-order valence-electron chi connectivity index (χ2n) is 10.8. The van der Waals surface area contributed by atoms with Gasteiger partial charge in [0.25, 0.3) is 0 Å². The smallest absolute Gasteiger partial charge is 0.355 e. The van der Waals surface area contributed by atoms with Crippen LogP contribution >= 0.6 is 11.6 Å². The van der Waals surface area contributed by atoms with Crippen LogP contribution in [-0.2, 0) is 36.1 Å². The number of aromatic nitrogens is 3. The van der Waals surface area contributed by atoms with Crippen molar-refractivity contribution in [2.75, 3.05) is 19.8 Å². The molecule has 0 aliphatic carbocycles. The molecule has 6 rings (SSSR count). The highest BCUT2D eigenvalue weighted by atomic mass is 35.5. The third-order valence-electron chi connectivity index (χ3n) is 8.12. The van der Waals surface area contributed by atoms with Crippen LogP contribution in [-0.4, -0.2) is 40.1 Å². The van der Waals surface area contributed by atoms with E-state index in [4.69, 9.17) is 30.9 Å². The first-order valence-corrected chi connectivity index (χ1v) is 15.1. The minimum absolute atomic E-state index is 0.282. The van der Waals surface area contributed by atoms with Crippen LogP contribution in [0.1, 0.15) is 53.6 Å². The molecule has 0 bridgehead atoms. The predicted octanol–water partition coefficient (Wildman–Crippen LogP) is 7.66. The zero-order valence-electron chi connectivity index (χ0n) is 24.4. The van der Waals surface area contributed by atoms with Crippen molar-refractivity contribution < 1.29 is 19.0 Å². The number of carbonyl (C=O) groups is 1. The minimum Gasteiger partial charge on any atom is -0.493 e. The fraction of sp³-hybridized carbons (Fsp3) is 0.353. The molecule has 0 spiro atoms. The second-order valence-corrected chi connectivity index (χ2v) is 11.2. The van der Waals surface area contributed by atoms with Crippen molar-refractivity contribution in [2.45, 2.75) is 52.7 Å². The van der Waals surface area contributed by atoms with E-state index in [1.54, 1.807) is 0 Å². The number of carbonyl (C=O) groups excluding carboxylic acids is 1. The summed E-state index contributed by atoms with van der Waals surface area (Å²) in [6, 6.07) is 18.2. The topological polar surface area (TPSA) is 67.5 Å². The third-order valence-corrected chi connectivity index (χ3v) is 8.36. The summed E-state index contributed by atoms with van der Waals surface area (Å²) in [7, 11) is 1.97. The maximum absolute atomic E-state index is 13.6. The molecule has 0 radical (unpaired) electrons. The van der Waals surface area contributed by atoms with E-state index in [1.807, 2.05) is 55.1 Å². The maximum Gasteiger partial charge on any atom is 0.355 e. The molecule has 7 nitrogen and oxygen atoms in total. The lowest BCUT2D eigenvalue weighted by Crippen LogP contribution is -2.15.